The predicted octanol–water partition coefficient (Wildman–Crippen LogP) is 2.14. The third-order valence-corrected chi connectivity index (χ3v) is 5.63. The molecule has 1 aromatic carbocycles. The minimum atomic E-state index is -0.821. The number of halogens is 1. The maximum atomic E-state index is 13.7. The molecule has 152 valence electrons. The van der Waals surface area contributed by atoms with E-state index in [-0.39, 0.29) is 29.1 Å². The summed E-state index contributed by atoms with van der Waals surface area (Å²) >= 11 is 0. The molecule has 2 aliphatic heterocycles. The highest BCUT2D eigenvalue weighted by atomic mass is 19.1. The molecule has 0 aliphatic carbocycles. The summed E-state index contributed by atoms with van der Waals surface area (Å²) in [5, 5.41) is 5.19. The van der Waals surface area contributed by atoms with Crippen molar-refractivity contribution in [2.24, 2.45) is 5.92 Å². The second-order valence-electron chi connectivity index (χ2n) is 7.74. The monoisotopic (exact) mass is 398 g/mol. The average molecular weight is 398 g/mol. The number of nitrogens with zero attached hydrogens (tertiary/aromatic N) is 2. The van der Waals surface area contributed by atoms with Gasteiger partial charge in [0.15, 0.2) is 0 Å². The van der Waals surface area contributed by atoms with Crippen LogP contribution in [0.3, 0.4) is 0 Å². The maximum Gasteiger partial charge on any atom is 0.318 e. The van der Waals surface area contributed by atoms with Crippen LogP contribution in [0.2, 0.25) is 0 Å². The summed E-state index contributed by atoms with van der Waals surface area (Å²) in [4.78, 5) is 38.9. The Labute approximate surface area is 167 Å². The van der Waals surface area contributed by atoms with E-state index in [1.54, 1.807) is 34.6 Å². The van der Waals surface area contributed by atoms with Crippen LogP contribution in [0.25, 0.3) is 0 Å². The van der Waals surface area contributed by atoms with Crippen molar-refractivity contribution in [1.29, 1.82) is 0 Å². The van der Waals surface area contributed by atoms with E-state index in [0.717, 1.165) is 12.1 Å². The Morgan fingerprint density at radius 1 is 1.10 bits per heavy atom. The fourth-order valence-corrected chi connectivity index (χ4v) is 4.21. The molecule has 1 aromatic heterocycles. The summed E-state index contributed by atoms with van der Waals surface area (Å²) in [7, 11) is 0. The van der Waals surface area contributed by atoms with Crippen LogP contribution in [0, 0.1) is 11.7 Å². The van der Waals surface area contributed by atoms with Crippen molar-refractivity contribution in [2.75, 3.05) is 18.4 Å². The lowest BCUT2D eigenvalue weighted by Crippen LogP contribution is -2.54. The van der Waals surface area contributed by atoms with Gasteiger partial charge in [-0.3, -0.25) is 9.59 Å². The van der Waals surface area contributed by atoms with E-state index in [4.69, 9.17) is 0 Å². The number of carbonyl (C=O) groups is 2. The molecule has 1 fully saturated rings. The number of piperidine rings is 1. The molecule has 7 nitrogen and oxygen atoms in total. The van der Waals surface area contributed by atoms with E-state index in [9.17, 15) is 18.8 Å². The first kappa shape index (κ1) is 19.2. The quantitative estimate of drug-likeness (QED) is 0.831. The number of fused-ring (bicyclic) bond motifs is 4. The van der Waals surface area contributed by atoms with Crippen molar-refractivity contribution in [3.05, 3.63) is 64.3 Å². The fourth-order valence-electron chi connectivity index (χ4n) is 4.21. The number of amides is 3. The number of para-hydroxylation sites is 1. The highest BCUT2D eigenvalue weighted by Crippen LogP contribution is 2.34. The minimum absolute atomic E-state index is 0.00598. The molecule has 2 N–H and O–H groups in total. The van der Waals surface area contributed by atoms with Crippen molar-refractivity contribution >= 4 is 17.6 Å². The third kappa shape index (κ3) is 3.87. The first-order valence-corrected chi connectivity index (χ1v) is 9.73. The van der Waals surface area contributed by atoms with Crippen LogP contribution < -0.4 is 16.2 Å². The van der Waals surface area contributed by atoms with Crippen LogP contribution in [0.1, 0.15) is 25.0 Å². The van der Waals surface area contributed by atoms with E-state index in [0.29, 0.717) is 19.6 Å². The molecule has 1 saturated heterocycles. The zero-order valence-electron chi connectivity index (χ0n) is 16.1. The van der Waals surface area contributed by atoms with Crippen LogP contribution in [-0.4, -0.2) is 40.5 Å². The SMILES string of the molecule is C[C@H](NC(=O)N1C[C@@H]2C[C@@H](C1)c1cccc(=O)n1C2)C(=O)Nc1ccccc1F. The molecule has 2 bridgehead atoms. The number of hydrogen-bond acceptors (Lipinski definition) is 3. The lowest BCUT2D eigenvalue weighted by atomic mass is 9.83. The highest BCUT2D eigenvalue weighted by molar-refractivity contribution is 5.96. The number of hydrogen-bond donors (Lipinski definition) is 2. The molecular formula is C21H23FN4O3. The first-order valence-electron chi connectivity index (χ1n) is 9.73. The molecule has 0 unspecified atom stereocenters. The number of pyridine rings is 1. The third-order valence-electron chi connectivity index (χ3n) is 5.63. The van der Waals surface area contributed by atoms with Gasteiger partial charge in [-0.2, -0.15) is 0 Å². The summed E-state index contributed by atoms with van der Waals surface area (Å²) < 4.78 is 15.5. The molecule has 0 saturated carbocycles. The molecular weight excluding hydrogens is 375 g/mol. The number of benzene rings is 1. The fraction of sp³-hybridized carbons (Fsp3) is 0.381. The Kier molecular flexibility index (Phi) is 5.08. The lowest BCUT2D eigenvalue weighted by molar-refractivity contribution is -0.117. The topological polar surface area (TPSA) is 83.4 Å². The highest BCUT2D eigenvalue weighted by Gasteiger charge is 2.36. The summed E-state index contributed by atoms with van der Waals surface area (Å²) in [5.74, 6) is -0.714. The van der Waals surface area contributed by atoms with Crippen LogP contribution in [-0.2, 0) is 11.3 Å². The number of likely N-dealkylation sites (tertiary alicyclic amines) is 1. The normalized spacial score (nSPS) is 21.1. The Morgan fingerprint density at radius 2 is 1.90 bits per heavy atom. The number of anilines is 1. The van der Waals surface area contributed by atoms with Gasteiger partial charge in [0.1, 0.15) is 11.9 Å². The van der Waals surface area contributed by atoms with E-state index < -0.39 is 17.8 Å². The van der Waals surface area contributed by atoms with Gasteiger partial charge in [0.2, 0.25) is 5.91 Å². The Hall–Kier alpha value is -3.16. The number of urea groups is 1. The Balaban J connectivity index is 1.40. The van der Waals surface area contributed by atoms with Crippen LogP contribution in [0.5, 0.6) is 0 Å². The molecule has 0 radical (unpaired) electrons. The standard InChI is InChI=1S/C21H23FN4O3/c1-13(20(28)24-17-6-3-2-5-16(17)22)23-21(29)25-10-14-9-15(12-25)18-7-4-8-19(27)26(18)11-14/h2-8,13-15H,9-12H2,1H3,(H,23,29)(H,24,28)/t13-,14-,15-/m0/s1. The summed E-state index contributed by atoms with van der Waals surface area (Å²) in [6.45, 7) is 3.19. The van der Waals surface area contributed by atoms with Gasteiger partial charge in [0.25, 0.3) is 5.56 Å². The van der Waals surface area contributed by atoms with Crippen LogP contribution in [0.15, 0.2) is 47.3 Å². The van der Waals surface area contributed by atoms with Crippen molar-refractivity contribution in [3.63, 3.8) is 0 Å². The molecule has 8 heteroatoms. The van der Waals surface area contributed by atoms with Gasteiger partial charge in [0, 0.05) is 37.3 Å². The second-order valence-corrected chi connectivity index (χ2v) is 7.74. The van der Waals surface area contributed by atoms with Crippen molar-refractivity contribution in [2.45, 2.75) is 31.8 Å². The molecule has 2 aromatic rings. The largest absolute Gasteiger partial charge is 0.326 e. The average Bonchev–Trinajstić information content (AvgIpc) is 2.70. The van der Waals surface area contributed by atoms with Gasteiger partial charge in [-0.05, 0) is 37.5 Å². The predicted molar refractivity (Wildman–Crippen MR) is 106 cm³/mol. The van der Waals surface area contributed by atoms with Gasteiger partial charge >= 0.3 is 6.03 Å². The first-order chi connectivity index (χ1) is 13.9. The van der Waals surface area contributed by atoms with Crippen molar-refractivity contribution in [3.8, 4) is 0 Å². The molecule has 3 heterocycles. The number of nitrogens with one attached hydrogen (secondary N) is 2. The van der Waals surface area contributed by atoms with E-state index in [1.165, 1.54) is 18.2 Å². The van der Waals surface area contributed by atoms with E-state index in [1.807, 2.05) is 6.07 Å². The van der Waals surface area contributed by atoms with Gasteiger partial charge in [-0.15, -0.1) is 0 Å². The van der Waals surface area contributed by atoms with Crippen LogP contribution >= 0.6 is 0 Å². The van der Waals surface area contributed by atoms with Gasteiger partial charge in [-0.25, -0.2) is 9.18 Å². The Morgan fingerprint density at radius 3 is 2.69 bits per heavy atom. The van der Waals surface area contributed by atoms with E-state index >= 15 is 0 Å². The van der Waals surface area contributed by atoms with Crippen molar-refractivity contribution in [1.82, 2.24) is 14.8 Å². The van der Waals surface area contributed by atoms with Gasteiger partial charge in [-0.1, -0.05) is 18.2 Å². The van der Waals surface area contributed by atoms with Crippen molar-refractivity contribution < 1.29 is 14.0 Å². The maximum absolute atomic E-state index is 13.7. The molecule has 3 amide bonds. The minimum Gasteiger partial charge on any atom is -0.326 e. The van der Waals surface area contributed by atoms with Crippen LogP contribution in [0.4, 0.5) is 14.9 Å². The Bertz CT molecular complexity index is 1010. The number of carbonyl (C=O) groups excluding carboxylic acids is 2. The summed E-state index contributed by atoms with van der Waals surface area (Å²) in [5.41, 5.74) is 1.03. The molecule has 0 spiro atoms. The lowest BCUT2D eigenvalue weighted by Gasteiger charge is -2.42. The zero-order valence-corrected chi connectivity index (χ0v) is 16.1. The zero-order chi connectivity index (χ0) is 20.5. The van der Waals surface area contributed by atoms with E-state index in [2.05, 4.69) is 10.6 Å². The molecule has 3 atom stereocenters. The smallest absolute Gasteiger partial charge is 0.318 e. The summed E-state index contributed by atoms with van der Waals surface area (Å²) in [6, 6.07) is 9.98. The molecule has 4 rings (SSSR count). The number of rotatable bonds is 3. The summed E-state index contributed by atoms with van der Waals surface area (Å²) in [6.07, 6.45) is 0.941. The molecule has 29 heavy (non-hydrogen) atoms. The number of aromatic nitrogens is 1. The second kappa shape index (κ2) is 7.69. The van der Waals surface area contributed by atoms with Gasteiger partial charge in [0.05, 0.1) is 5.69 Å². The molecule has 2 aliphatic rings. The van der Waals surface area contributed by atoms with Gasteiger partial charge < -0.3 is 20.1 Å².